The van der Waals surface area contributed by atoms with Crippen molar-refractivity contribution in [2.45, 2.75) is 25.3 Å². The van der Waals surface area contributed by atoms with E-state index >= 15 is 0 Å². The predicted molar refractivity (Wildman–Crippen MR) is 140 cm³/mol. The quantitative estimate of drug-likeness (QED) is 0.486. The fraction of sp³-hybridized carbons (Fsp3) is 0.444. The minimum atomic E-state index is 0.0937. The van der Waals surface area contributed by atoms with E-state index in [-0.39, 0.29) is 5.91 Å². The van der Waals surface area contributed by atoms with Gasteiger partial charge in [-0.2, -0.15) is 5.10 Å². The van der Waals surface area contributed by atoms with Gasteiger partial charge in [-0.1, -0.05) is 30.3 Å². The average Bonchev–Trinajstić information content (AvgIpc) is 3.42. The molecule has 0 radical (unpaired) electrons. The largest absolute Gasteiger partial charge is 0.382 e. The van der Waals surface area contributed by atoms with Crippen molar-refractivity contribution in [2.75, 3.05) is 59.2 Å². The summed E-state index contributed by atoms with van der Waals surface area (Å²) in [6, 6.07) is 16.9. The van der Waals surface area contributed by atoms with Gasteiger partial charge in [-0.15, -0.1) is 0 Å². The Morgan fingerprint density at radius 2 is 1.83 bits per heavy atom. The van der Waals surface area contributed by atoms with E-state index in [1.54, 1.807) is 11.0 Å². The average molecular weight is 476 g/mol. The molecule has 0 atom stereocenters. The maximum Gasteiger partial charge on any atom is 0.253 e. The van der Waals surface area contributed by atoms with Crippen LogP contribution in [0, 0.1) is 0 Å². The van der Waals surface area contributed by atoms with Gasteiger partial charge in [0.15, 0.2) is 0 Å². The Morgan fingerprint density at radius 3 is 2.51 bits per heavy atom. The number of benzene rings is 2. The van der Waals surface area contributed by atoms with Crippen molar-refractivity contribution < 1.29 is 4.79 Å². The molecule has 1 fully saturated rings. The van der Waals surface area contributed by atoms with Crippen LogP contribution in [0.1, 0.15) is 28.8 Å². The topological polar surface area (TPSA) is 69.5 Å². The molecule has 8 nitrogen and oxygen atoms in total. The van der Waals surface area contributed by atoms with Crippen LogP contribution in [0.25, 0.3) is 5.69 Å². The second kappa shape index (κ2) is 12.0. The van der Waals surface area contributed by atoms with E-state index in [9.17, 15) is 4.79 Å². The van der Waals surface area contributed by atoms with E-state index in [0.29, 0.717) is 11.6 Å². The highest BCUT2D eigenvalue weighted by Gasteiger charge is 2.26. The molecule has 4 rings (SSSR count). The van der Waals surface area contributed by atoms with Crippen LogP contribution in [0.3, 0.4) is 0 Å². The number of carbonyl (C=O) groups excluding carboxylic acids is 1. The number of hydrogen-bond acceptors (Lipinski definition) is 6. The number of likely N-dealkylation sites (tertiary alicyclic amines) is 1. The first kappa shape index (κ1) is 24.9. The summed E-state index contributed by atoms with van der Waals surface area (Å²) in [7, 11) is 6.30. The van der Waals surface area contributed by atoms with Gasteiger partial charge in [0.05, 0.1) is 11.4 Å². The zero-order chi connectivity index (χ0) is 24.6. The molecule has 0 aliphatic carbocycles. The van der Waals surface area contributed by atoms with Crippen LogP contribution < -0.4 is 5.32 Å². The summed E-state index contributed by atoms with van der Waals surface area (Å²) in [5.41, 5.74) is 3.85. The molecular formula is C27H37N7O. The summed E-state index contributed by atoms with van der Waals surface area (Å²) in [5.74, 6) is 0.0937. The van der Waals surface area contributed by atoms with Crippen LogP contribution in [-0.2, 0) is 6.42 Å². The van der Waals surface area contributed by atoms with Crippen molar-refractivity contribution in [1.82, 2.24) is 29.5 Å². The smallest absolute Gasteiger partial charge is 0.253 e. The minimum Gasteiger partial charge on any atom is -0.382 e. The van der Waals surface area contributed by atoms with Gasteiger partial charge in [0.2, 0.25) is 0 Å². The number of anilines is 1. The summed E-state index contributed by atoms with van der Waals surface area (Å²) >= 11 is 0. The van der Waals surface area contributed by atoms with Gasteiger partial charge in [0.1, 0.15) is 12.7 Å². The number of likely N-dealkylation sites (N-methyl/N-ethyl adjacent to an activating group) is 2. The number of aromatic nitrogens is 3. The van der Waals surface area contributed by atoms with E-state index in [1.165, 1.54) is 11.9 Å². The first-order chi connectivity index (χ1) is 17.0. The maximum atomic E-state index is 13.4. The van der Waals surface area contributed by atoms with Crippen molar-refractivity contribution in [3.63, 3.8) is 0 Å². The zero-order valence-corrected chi connectivity index (χ0v) is 21.1. The molecule has 0 bridgehead atoms. The SMILES string of the molecule is CN(C)CCNc1cc(C(=O)N2CCC(N(C)CCc3ccccc3)CC2)ccc1-n1cncn1. The van der Waals surface area contributed by atoms with Crippen LogP contribution >= 0.6 is 0 Å². The molecule has 3 aromatic rings. The van der Waals surface area contributed by atoms with Crippen molar-refractivity contribution in [2.24, 2.45) is 0 Å². The van der Waals surface area contributed by atoms with Gasteiger partial charge in [-0.05, 0) is 64.2 Å². The molecule has 0 saturated carbocycles. The molecule has 1 saturated heterocycles. The first-order valence-electron chi connectivity index (χ1n) is 12.4. The predicted octanol–water partition coefficient (Wildman–Crippen LogP) is 3.02. The van der Waals surface area contributed by atoms with E-state index in [0.717, 1.165) is 63.4 Å². The molecule has 2 heterocycles. The summed E-state index contributed by atoms with van der Waals surface area (Å²) < 4.78 is 1.73. The van der Waals surface area contributed by atoms with Crippen LogP contribution in [0.4, 0.5) is 5.69 Å². The number of amides is 1. The molecule has 35 heavy (non-hydrogen) atoms. The van der Waals surface area contributed by atoms with Crippen molar-refractivity contribution in [1.29, 1.82) is 0 Å². The molecule has 0 spiro atoms. The maximum absolute atomic E-state index is 13.4. The highest BCUT2D eigenvalue weighted by Crippen LogP contribution is 2.24. The number of hydrogen-bond donors (Lipinski definition) is 1. The van der Waals surface area contributed by atoms with E-state index in [1.807, 2.05) is 37.2 Å². The van der Waals surface area contributed by atoms with Crippen molar-refractivity contribution in [3.05, 3.63) is 72.3 Å². The molecule has 1 aliphatic rings. The Balaban J connectivity index is 1.36. The Kier molecular flexibility index (Phi) is 8.50. The van der Waals surface area contributed by atoms with E-state index in [2.05, 4.69) is 62.6 Å². The molecule has 2 aromatic carbocycles. The number of piperidine rings is 1. The number of nitrogens with zero attached hydrogens (tertiary/aromatic N) is 6. The highest BCUT2D eigenvalue weighted by molar-refractivity contribution is 5.96. The lowest BCUT2D eigenvalue weighted by Gasteiger charge is -2.37. The minimum absolute atomic E-state index is 0.0937. The van der Waals surface area contributed by atoms with Crippen molar-refractivity contribution >= 4 is 11.6 Å². The molecule has 0 unspecified atom stereocenters. The Hall–Kier alpha value is -3.23. The molecule has 1 aromatic heterocycles. The Morgan fingerprint density at radius 1 is 1.06 bits per heavy atom. The lowest BCUT2D eigenvalue weighted by atomic mass is 10.0. The molecular weight excluding hydrogens is 438 g/mol. The van der Waals surface area contributed by atoms with Crippen LogP contribution in [-0.4, -0.2) is 95.3 Å². The second-order valence-electron chi connectivity index (χ2n) is 9.54. The van der Waals surface area contributed by atoms with Crippen molar-refractivity contribution in [3.8, 4) is 5.69 Å². The van der Waals surface area contributed by atoms with Gasteiger partial charge in [0.25, 0.3) is 5.91 Å². The van der Waals surface area contributed by atoms with Gasteiger partial charge >= 0.3 is 0 Å². The third-order valence-corrected chi connectivity index (χ3v) is 6.75. The van der Waals surface area contributed by atoms with Crippen LogP contribution in [0.15, 0.2) is 61.2 Å². The second-order valence-corrected chi connectivity index (χ2v) is 9.54. The number of rotatable bonds is 10. The normalized spacial score (nSPS) is 14.6. The fourth-order valence-corrected chi connectivity index (χ4v) is 4.58. The van der Waals surface area contributed by atoms with Gasteiger partial charge < -0.3 is 20.0 Å². The molecule has 186 valence electrons. The summed E-state index contributed by atoms with van der Waals surface area (Å²) in [6.45, 7) is 4.27. The summed E-state index contributed by atoms with van der Waals surface area (Å²) in [5, 5.41) is 7.74. The van der Waals surface area contributed by atoms with Gasteiger partial charge in [-0.25, -0.2) is 9.67 Å². The lowest BCUT2D eigenvalue weighted by Crippen LogP contribution is -2.46. The highest BCUT2D eigenvalue weighted by atomic mass is 16.2. The summed E-state index contributed by atoms with van der Waals surface area (Å²) in [6.07, 6.45) is 6.25. The molecule has 1 N–H and O–H groups in total. The van der Waals surface area contributed by atoms with Gasteiger partial charge in [-0.3, -0.25) is 4.79 Å². The molecule has 1 amide bonds. The van der Waals surface area contributed by atoms with Crippen LogP contribution in [0.2, 0.25) is 0 Å². The Bertz CT molecular complexity index is 1060. The summed E-state index contributed by atoms with van der Waals surface area (Å²) in [4.78, 5) is 24.0. The molecule has 1 aliphatic heterocycles. The standard InChI is InChI=1S/C27H37N7O/c1-31(2)18-14-29-25-19-23(9-10-26(25)34-21-28-20-30-34)27(35)33-16-12-24(13-17-33)32(3)15-11-22-7-5-4-6-8-22/h4-10,19-21,24,29H,11-18H2,1-3H3. The van der Waals surface area contributed by atoms with E-state index in [4.69, 9.17) is 0 Å². The molecule has 8 heteroatoms. The fourth-order valence-electron chi connectivity index (χ4n) is 4.58. The Labute approximate surface area is 208 Å². The lowest BCUT2D eigenvalue weighted by molar-refractivity contribution is 0.0647. The monoisotopic (exact) mass is 475 g/mol. The number of nitrogens with one attached hydrogen (secondary N) is 1. The third-order valence-electron chi connectivity index (χ3n) is 6.75. The van der Waals surface area contributed by atoms with E-state index < -0.39 is 0 Å². The van der Waals surface area contributed by atoms with Gasteiger partial charge in [0, 0.05) is 44.3 Å². The third kappa shape index (κ3) is 6.68. The van der Waals surface area contributed by atoms with Crippen LogP contribution in [0.5, 0.6) is 0 Å². The zero-order valence-electron chi connectivity index (χ0n) is 21.1. The first-order valence-corrected chi connectivity index (χ1v) is 12.4. The number of carbonyl (C=O) groups is 1.